The van der Waals surface area contributed by atoms with E-state index in [0.29, 0.717) is 34.1 Å². The van der Waals surface area contributed by atoms with E-state index in [-0.39, 0.29) is 24.0 Å². The quantitative estimate of drug-likeness (QED) is 0.223. The molecule has 5 rings (SSSR count). The molecule has 1 aliphatic heterocycles. The molecule has 8 heteroatoms. The number of rotatable bonds is 9. The van der Waals surface area contributed by atoms with E-state index < -0.39 is 6.04 Å². The van der Waals surface area contributed by atoms with Gasteiger partial charge in [-0.15, -0.1) is 0 Å². The van der Waals surface area contributed by atoms with E-state index in [2.05, 4.69) is 17.1 Å². The Hall–Kier alpha value is -3.84. The maximum absolute atomic E-state index is 13.6. The van der Waals surface area contributed by atoms with Crippen molar-refractivity contribution >= 4 is 17.5 Å². The molecular formula is C30H29ClFN3O3. The lowest BCUT2D eigenvalue weighted by molar-refractivity contribution is 0.0730. The van der Waals surface area contributed by atoms with Gasteiger partial charge in [0.15, 0.2) is 0 Å². The third-order valence-electron chi connectivity index (χ3n) is 6.87. The highest BCUT2D eigenvalue weighted by Gasteiger charge is 2.42. The molecule has 0 saturated carbocycles. The lowest BCUT2D eigenvalue weighted by Crippen LogP contribution is -2.29. The molecule has 1 unspecified atom stereocenters. The molecule has 1 aliphatic rings. The van der Waals surface area contributed by atoms with Gasteiger partial charge in [-0.25, -0.2) is 4.39 Å². The fourth-order valence-electron chi connectivity index (χ4n) is 4.84. The number of phenols is 1. The average molecular weight is 534 g/mol. The zero-order valence-electron chi connectivity index (χ0n) is 21.3. The van der Waals surface area contributed by atoms with Gasteiger partial charge >= 0.3 is 0 Å². The molecule has 1 aromatic heterocycles. The predicted molar refractivity (Wildman–Crippen MR) is 145 cm³/mol. The number of aromatic amines is 1. The van der Waals surface area contributed by atoms with E-state index in [0.717, 1.165) is 41.7 Å². The average Bonchev–Trinajstić information content (AvgIpc) is 3.45. The highest BCUT2D eigenvalue weighted by Crippen LogP contribution is 2.46. The number of nitrogens with zero attached hydrogens (tertiary/aromatic N) is 2. The molecule has 0 saturated heterocycles. The number of nitrogens with one attached hydrogen (secondary N) is 1. The molecule has 3 aromatic carbocycles. The maximum atomic E-state index is 13.6. The number of aromatic hydroxyl groups is 1. The Balaban J connectivity index is 1.55. The van der Waals surface area contributed by atoms with Gasteiger partial charge in [-0.3, -0.25) is 9.89 Å². The summed E-state index contributed by atoms with van der Waals surface area (Å²) in [5, 5.41) is 18.6. The summed E-state index contributed by atoms with van der Waals surface area (Å²) in [7, 11) is 0. The first kappa shape index (κ1) is 25.8. The van der Waals surface area contributed by atoms with Gasteiger partial charge in [0.05, 0.1) is 12.6 Å². The molecule has 2 heterocycles. The van der Waals surface area contributed by atoms with Crippen LogP contribution in [-0.4, -0.2) is 32.7 Å². The molecule has 6 nitrogen and oxygen atoms in total. The van der Waals surface area contributed by atoms with Crippen molar-refractivity contribution in [2.24, 2.45) is 0 Å². The van der Waals surface area contributed by atoms with Crippen molar-refractivity contribution in [3.63, 3.8) is 0 Å². The minimum atomic E-state index is -0.495. The van der Waals surface area contributed by atoms with Crippen LogP contribution in [0.1, 0.15) is 65.0 Å². The third kappa shape index (κ3) is 4.98. The molecular weight excluding hydrogens is 505 g/mol. The smallest absolute Gasteiger partial charge is 0.273 e. The number of carbonyl (C=O) groups excluding carboxylic acids is 1. The monoisotopic (exact) mass is 533 g/mol. The number of hydrogen-bond donors (Lipinski definition) is 2. The zero-order valence-corrected chi connectivity index (χ0v) is 22.1. The molecule has 1 atom stereocenters. The number of ether oxygens (including phenoxy) is 1. The summed E-state index contributed by atoms with van der Waals surface area (Å²) in [4.78, 5) is 15.4. The summed E-state index contributed by atoms with van der Waals surface area (Å²) >= 11 is 6.39. The lowest BCUT2D eigenvalue weighted by Gasteiger charge is -2.27. The number of unbranched alkanes of at least 4 members (excludes halogenated alkanes) is 2. The van der Waals surface area contributed by atoms with Gasteiger partial charge in [-0.05, 0) is 66.4 Å². The Morgan fingerprint density at radius 3 is 2.55 bits per heavy atom. The van der Waals surface area contributed by atoms with Gasteiger partial charge in [0.25, 0.3) is 5.91 Å². The number of phenolic OH excluding ortho intramolecular Hbond substituents is 1. The van der Waals surface area contributed by atoms with Crippen molar-refractivity contribution < 1.29 is 19.0 Å². The molecule has 0 spiro atoms. The number of carbonyl (C=O) groups is 1. The summed E-state index contributed by atoms with van der Waals surface area (Å²) in [6, 6.07) is 16.6. The lowest BCUT2D eigenvalue weighted by atomic mass is 9.95. The maximum Gasteiger partial charge on any atom is 0.273 e. The second kappa shape index (κ2) is 10.9. The standard InChI is InChI=1S/C30H29ClFN3O3/c1-3-4-5-14-38-22-12-8-20(9-13-22)29-26-27(23-16-24(31)18(2)15-25(23)36)33-34-28(26)30(37)35(29)17-19-6-10-21(32)11-7-19/h6-13,15-16,29,36H,3-5,14,17H2,1-2H3,(H,33,34). The van der Waals surface area contributed by atoms with Crippen LogP contribution in [0.3, 0.4) is 0 Å². The summed E-state index contributed by atoms with van der Waals surface area (Å²) in [5.41, 5.74) is 4.30. The minimum Gasteiger partial charge on any atom is -0.507 e. The Morgan fingerprint density at radius 2 is 1.84 bits per heavy atom. The summed E-state index contributed by atoms with van der Waals surface area (Å²) in [5.74, 6) is 0.219. The Bertz CT molecular complexity index is 1450. The fourth-order valence-corrected chi connectivity index (χ4v) is 5.01. The highest BCUT2D eigenvalue weighted by molar-refractivity contribution is 6.31. The first-order valence-corrected chi connectivity index (χ1v) is 13.1. The number of halogens is 2. The highest BCUT2D eigenvalue weighted by atomic mass is 35.5. The number of H-pyrrole nitrogens is 1. The van der Waals surface area contributed by atoms with Crippen LogP contribution in [0.4, 0.5) is 4.39 Å². The van der Waals surface area contributed by atoms with Crippen molar-refractivity contribution in [2.75, 3.05) is 6.61 Å². The summed E-state index contributed by atoms with van der Waals surface area (Å²) in [6.07, 6.45) is 3.23. The molecule has 1 amide bonds. The molecule has 38 heavy (non-hydrogen) atoms. The first-order chi connectivity index (χ1) is 18.4. The minimum absolute atomic E-state index is 0.0280. The van der Waals surface area contributed by atoms with E-state index >= 15 is 0 Å². The molecule has 4 aromatic rings. The third-order valence-corrected chi connectivity index (χ3v) is 7.28. The summed E-state index contributed by atoms with van der Waals surface area (Å²) in [6.45, 7) is 4.87. The van der Waals surface area contributed by atoms with Gasteiger partial charge in [-0.1, -0.05) is 55.6 Å². The van der Waals surface area contributed by atoms with E-state index in [1.165, 1.54) is 12.1 Å². The Labute approximate surface area is 226 Å². The van der Waals surface area contributed by atoms with Gasteiger partial charge in [0, 0.05) is 22.7 Å². The molecule has 2 N–H and O–H groups in total. The van der Waals surface area contributed by atoms with Crippen LogP contribution in [0.5, 0.6) is 11.5 Å². The van der Waals surface area contributed by atoms with Crippen LogP contribution in [0.25, 0.3) is 11.3 Å². The molecule has 0 radical (unpaired) electrons. The number of amides is 1. The molecule has 196 valence electrons. The number of aryl methyl sites for hydroxylation is 1. The number of benzene rings is 3. The van der Waals surface area contributed by atoms with Crippen LogP contribution >= 0.6 is 11.6 Å². The number of hydrogen-bond acceptors (Lipinski definition) is 4. The van der Waals surface area contributed by atoms with Crippen molar-refractivity contribution in [1.82, 2.24) is 15.1 Å². The second-order valence-corrected chi connectivity index (χ2v) is 9.97. The Kier molecular flexibility index (Phi) is 7.38. The normalized spacial score (nSPS) is 14.7. The van der Waals surface area contributed by atoms with Crippen LogP contribution in [-0.2, 0) is 6.54 Å². The molecule has 0 bridgehead atoms. The topological polar surface area (TPSA) is 78.5 Å². The van der Waals surface area contributed by atoms with Gasteiger partial charge < -0.3 is 14.7 Å². The van der Waals surface area contributed by atoms with E-state index in [1.807, 2.05) is 31.2 Å². The first-order valence-electron chi connectivity index (χ1n) is 12.7. The zero-order chi connectivity index (χ0) is 26.8. The second-order valence-electron chi connectivity index (χ2n) is 9.57. The Morgan fingerprint density at radius 1 is 1.11 bits per heavy atom. The van der Waals surface area contributed by atoms with Crippen molar-refractivity contribution in [3.05, 3.63) is 99.5 Å². The van der Waals surface area contributed by atoms with E-state index in [9.17, 15) is 14.3 Å². The van der Waals surface area contributed by atoms with Crippen molar-refractivity contribution in [3.8, 4) is 22.8 Å². The summed E-state index contributed by atoms with van der Waals surface area (Å²) < 4.78 is 19.4. The van der Waals surface area contributed by atoms with Crippen LogP contribution in [0, 0.1) is 12.7 Å². The van der Waals surface area contributed by atoms with Gasteiger partial charge in [0.2, 0.25) is 0 Å². The predicted octanol–water partition coefficient (Wildman–Crippen LogP) is 7.20. The largest absolute Gasteiger partial charge is 0.507 e. The van der Waals surface area contributed by atoms with E-state index in [4.69, 9.17) is 16.3 Å². The molecule has 0 aliphatic carbocycles. The van der Waals surface area contributed by atoms with Crippen molar-refractivity contribution in [1.29, 1.82) is 0 Å². The van der Waals surface area contributed by atoms with Gasteiger partial charge in [0.1, 0.15) is 28.7 Å². The van der Waals surface area contributed by atoms with E-state index in [1.54, 1.807) is 29.2 Å². The fraction of sp³-hybridized carbons (Fsp3) is 0.267. The van der Waals surface area contributed by atoms with Crippen LogP contribution in [0.2, 0.25) is 5.02 Å². The number of aromatic nitrogens is 2. The molecule has 0 fully saturated rings. The SMILES string of the molecule is CCCCCOc1ccc(C2c3c(-c4cc(Cl)c(C)cc4O)n[nH]c3C(=O)N2Cc2ccc(F)cc2)cc1. The van der Waals surface area contributed by atoms with Crippen LogP contribution < -0.4 is 4.74 Å². The van der Waals surface area contributed by atoms with Crippen LogP contribution in [0.15, 0.2) is 60.7 Å². The number of fused-ring (bicyclic) bond motifs is 1. The van der Waals surface area contributed by atoms with Gasteiger partial charge in [-0.2, -0.15) is 5.10 Å². The van der Waals surface area contributed by atoms with Crippen molar-refractivity contribution in [2.45, 2.75) is 45.7 Å².